The Hall–Kier alpha value is -2.61. The minimum absolute atomic E-state index is 0.308. The van der Waals surface area contributed by atoms with Gasteiger partial charge in [-0.1, -0.05) is 5.16 Å². The van der Waals surface area contributed by atoms with Crippen LogP contribution < -0.4 is 0 Å². The molecule has 0 unspecified atom stereocenters. The van der Waals surface area contributed by atoms with E-state index in [9.17, 15) is 4.79 Å². The second-order valence-corrected chi connectivity index (χ2v) is 3.65. The van der Waals surface area contributed by atoms with Crippen LogP contribution in [0.15, 0.2) is 28.8 Å². The summed E-state index contributed by atoms with van der Waals surface area (Å²) in [6, 6.07) is 8.71. The number of hydrogen-bond acceptors (Lipinski definition) is 5. The first-order valence-corrected chi connectivity index (χ1v) is 5.22. The smallest absolute Gasteiger partial charge is 0.343 e. The highest BCUT2D eigenvalue weighted by molar-refractivity contribution is 5.96. The van der Waals surface area contributed by atoms with Gasteiger partial charge < -0.3 is 9.26 Å². The first-order chi connectivity index (χ1) is 8.67. The summed E-state index contributed by atoms with van der Waals surface area (Å²) in [7, 11) is 1.30. The van der Waals surface area contributed by atoms with Crippen molar-refractivity contribution < 1.29 is 14.1 Å². The van der Waals surface area contributed by atoms with Crippen LogP contribution >= 0.6 is 0 Å². The van der Waals surface area contributed by atoms with E-state index in [4.69, 9.17) is 14.5 Å². The van der Waals surface area contributed by atoms with E-state index in [0.29, 0.717) is 28.1 Å². The van der Waals surface area contributed by atoms with Crippen LogP contribution in [0.1, 0.15) is 21.6 Å². The average molecular weight is 242 g/mol. The van der Waals surface area contributed by atoms with Gasteiger partial charge in [0.05, 0.1) is 24.4 Å². The molecule has 5 heteroatoms. The van der Waals surface area contributed by atoms with Gasteiger partial charge in [-0.25, -0.2) is 4.79 Å². The van der Waals surface area contributed by atoms with Crippen molar-refractivity contribution in [3.63, 3.8) is 0 Å². The number of ether oxygens (including phenoxy) is 1. The number of nitrogens with zero attached hydrogens (tertiary/aromatic N) is 2. The molecule has 0 aliphatic carbocycles. The van der Waals surface area contributed by atoms with Gasteiger partial charge in [0, 0.05) is 5.56 Å². The van der Waals surface area contributed by atoms with Crippen molar-refractivity contribution in [3.8, 4) is 17.4 Å². The number of aryl methyl sites for hydroxylation is 1. The molecular formula is C13H10N2O3. The van der Waals surface area contributed by atoms with Crippen molar-refractivity contribution in [2.24, 2.45) is 0 Å². The monoisotopic (exact) mass is 242 g/mol. The van der Waals surface area contributed by atoms with Crippen LogP contribution in [0.3, 0.4) is 0 Å². The maximum Gasteiger partial charge on any atom is 0.343 e. The largest absolute Gasteiger partial charge is 0.465 e. The number of hydrogen-bond donors (Lipinski definition) is 0. The van der Waals surface area contributed by atoms with E-state index in [0.717, 1.165) is 0 Å². The summed E-state index contributed by atoms with van der Waals surface area (Å²) in [5, 5.41) is 12.5. The molecule has 1 heterocycles. The molecule has 0 N–H and O–H groups in total. The normalized spacial score (nSPS) is 9.83. The Kier molecular flexibility index (Phi) is 3.11. The van der Waals surface area contributed by atoms with Gasteiger partial charge in [-0.3, -0.25) is 0 Å². The van der Waals surface area contributed by atoms with Crippen molar-refractivity contribution in [1.82, 2.24) is 5.16 Å². The second-order valence-electron chi connectivity index (χ2n) is 3.65. The van der Waals surface area contributed by atoms with Gasteiger partial charge in [0.1, 0.15) is 5.56 Å². The van der Waals surface area contributed by atoms with Gasteiger partial charge in [-0.15, -0.1) is 0 Å². The molecule has 0 spiro atoms. The molecule has 1 aromatic carbocycles. The fourth-order valence-electron chi connectivity index (χ4n) is 1.61. The molecule has 0 saturated heterocycles. The third kappa shape index (κ3) is 1.96. The van der Waals surface area contributed by atoms with Crippen molar-refractivity contribution in [1.29, 1.82) is 5.26 Å². The maximum absolute atomic E-state index is 11.6. The summed E-state index contributed by atoms with van der Waals surface area (Å²) < 4.78 is 9.84. The van der Waals surface area contributed by atoms with E-state index in [-0.39, 0.29) is 0 Å². The maximum atomic E-state index is 11.6. The van der Waals surface area contributed by atoms with Gasteiger partial charge in [-0.05, 0) is 31.2 Å². The zero-order valence-corrected chi connectivity index (χ0v) is 9.93. The Morgan fingerprint density at radius 1 is 1.39 bits per heavy atom. The zero-order valence-electron chi connectivity index (χ0n) is 9.93. The lowest BCUT2D eigenvalue weighted by molar-refractivity contribution is 0.0600. The molecule has 2 aromatic rings. The number of rotatable bonds is 2. The predicted molar refractivity (Wildman–Crippen MR) is 62.7 cm³/mol. The lowest BCUT2D eigenvalue weighted by Crippen LogP contribution is -2.03. The van der Waals surface area contributed by atoms with Gasteiger partial charge in [0.25, 0.3) is 0 Å². The van der Waals surface area contributed by atoms with E-state index in [1.54, 1.807) is 31.2 Å². The Balaban J connectivity index is 2.51. The van der Waals surface area contributed by atoms with Crippen molar-refractivity contribution in [2.45, 2.75) is 6.92 Å². The van der Waals surface area contributed by atoms with Gasteiger partial charge in [-0.2, -0.15) is 5.26 Å². The molecule has 18 heavy (non-hydrogen) atoms. The number of carbonyl (C=O) groups is 1. The summed E-state index contributed by atoms with van der Waals surface area (Å²) in [5.74, 6) is -0.142. The van der Waals surface area contributed by atoms with Gasteiger partial charge >= 0.3 is 5.97 Å². The molecule has 0 aliphatic heterocycles. The standard InChI is InChI=1S/C13H10N2O3/c1-8-11(13(16)17-2)12(18-15-8)10-5-3-9(7-14)4-6-10/h3-6H,1-2H3. The highest BCUT2D eigenvalue weighted by Gasteiger charge is 2.22. The summed E-state index contributed by atoms with van der Waals surface area (Å²) in [5.41, 5.74) is 1.99. The number of aromatic nitrogens is 1. The molecule has 0 saturated carbocycles. The molecule has 0 fully saturated rings. The molecule has 0 amide bonds. The van der Waals surface area contributed by atoms with Crippen molar-refractivity contribution in [2.75, 3.05) is 7.11 Å². The van der Waals surface area contributed by atoms with E-state index in [1.165, 1.54) is 7.11 Å². The highest BCUT2D eigenvalue weighted by atomic mass is 16.5. The summed E-state index contributed by atoms with van der Waals surface area (Å²) in [6.07, 6.45) is 0. The Morgan fingerprint density at radius 3 is 2.61 bits per heavy atom. The third-order valence-corrected chi connectivity index (χ3v) is 2.53. The molecule has 1 aromatic heterocycles. The van der Waals surface area contributed by atoms with Gasteiger partial charge in [0.2, 0.25) is 0 Å². The summed E-state index contributed by atoms with van der Waals surface area (Å²) >= 11 is 0. The molecule has 0 bridgehead atoms. The lowest BCUT2D eigenvalue weighted by atomic mass is 10.1. The number of carbonyl (C=O) groups excluding carboxylic acids is 1. The quantitative estimate of drug-likeness (QED) is 0.755. The molecule has 2 rings (SSSR count). The van der Waals surface area contributed by atoms with Crippen molar-refractivity contribution >= 4 is 5.97 Å². The molecular weight excluding hydrogens is 232 g/mol. The number of esters is 1. The minimum atomic E-state index is -0.492. The molecule has 0 atom stereocenters. The first kappa shape index (κ1) is 11.9. The lowest BCUT2D eigenvalue weighted by Gasteiger charge is -2.00. The Bertz CT molecular complexity index is 621. The van der Waals surface area contributed by atoms with Crippen LogP contribution in [-0.2, 0) is 4.74 Å². The van der Waals surface area contributed by atoms with E-state index in [1.807, 2.05) is 6.07 Å². The van der Waals surface area contributed by atoms with Crippen LogP contribution in [0.4, 0.5) is 0 Å². The third-order valence-electron chi connectivity index (χ3n) is 2.53. The topological polar surface area (TPSA) is 76.1 Å². The van der Waals surface area contributed by atoms with Crippen LogP contribution in [-0.4, -0.2) is 18.2 Å². The van der Waals surface area contributed by atoms with E-state index >= 15 is 0 Å². The van der Waals surface area contributed by atoms with Crippen LogP contribution in [0.2, 0.25) is 0 Å². The van der Waals surface area contributed by atoms with Gasteiger partial charge in [0.15, 0.2) is 5.76 Å². The number of benzene rings is 1. The van der Waals surface area contributed by atoms with Crippen LogP contribution in [0.5, 0.6) is 0 Å². The van der Waals surface area contributed by atoms with E-state index in [2.05, 4.69) is 5.16 Å². The predicted octanol–water partition coefficient (Wildman–Crippen LogP) is 2.31. The van der Waals surface area contributed by atoms with E-state index < -0.39 is 5.97 Å². The average Bonchev–Trinajstić information content (AvgIpc) is 2.80. The zero-order chi connectivity index (χ0) is 13.1. The fraction of sp³-hybridized carbons (Fsp3) is 0.154. The molecule has 5 nitrogen and oxygen atoms in total. The first-order valence-electron chi connectivity index (χ1n) is 5.22. The SMILES string of the molecule is COC(=O)c1c(C)noc1-c1ccc(C#N)cc1. The fourth-order valence-corrected chi connectivity index (χ4v) is 1.61. The molecule has 0 radical (unpaired) electrons. The van der Waals surface area contributed by atoms with Crippen LogP contribution in [0, 0.1) is 18.3 Å². The second kappa shape index (κ2) is 4.72. The summed E-state index contributed by atoms with van der Waals surface area (Å²) in [6.45, 7) is 1.67. The summed E-state index contributed by atoms with van der Waals surface area (Å²) in [4.78, 5) is 11.6. The molecule has 0 aliphatic rings. The minimum Gasteiger partial charge on any atom is -0.465 e. The number of nitriles is 1. The highest BCUT2D eigenvalue weighted by Crippen LogP contribution is 2.26. The van der Waals surface area contributed by atoms with Crippen molar-refractivity contribution in [3.05, 3.63) is 41.1 Å². The Labute approximate surface area is 104 Å². The molecule has 90 valence electrons. The Morgan fingerprint density at radius 2 is 2.06 bits per heavy atom. The van der Waals surface area contributed by atoms with Crippen LogP contribution in [0.25, 0.3) is 11.3 Å². The number of methoxy groups -OCH3 is 1.